The van der Waals surface area contributed by atoms with E-state index in [0.29, 0.717) is 15.8 Å². The van der Waals surface area contributed by atoms with Crippen LogP contribution in [0.5, 0.6) is 5.75 Å². The van der Waals surface area contributed by atoms with Crippen molar-refractivity contribution >= 4 is 57.7 Å². The minimum atomic E-state index is -0.0976. The van der Waals surface area contributed by atoms with Crippen molar-refractivity contribution in [3.63, 3.8) is 0 Å². The van der Waals surface area contributed by atoms with Crippen molar-refractivity contribution in [3.8, 4) is 5.75 Å². The van der Waals surface area contributed by atoms with Crippen LogP contribution >= 0.6 is 35.7 Å². The summed E-state index contributed by atoms with van der Waals surface area (Å²) in [5.41, 5.74) is 1.68. The summed E-state index contributed by atoms with van der Waals surface area (Å²) in [5.74, 6) is 0.666. The topological polar surface area (TPSA) is 29.5 Å². The van der Waals surface area contributed by atoms with E-state index >= 15 is 0 Å². The first-order valence-electron chi connectivity index (χ1n) is 7.78. The average molecular weight is 388 g/mol. The highest BCUT2D eigenvalue weighted by Crippen LogP contribution is 2.37. The molecule has 2 aromatic rings. The summed E-state index contributed by atoms with van der Waals surface area (Å²) in [4.78, 5) is 16.2. The average Bonchev–Trinajstić information content (AvgIpc) is 2.90. The van der Waals surface area contributed by atoms with Gasteiger partial charge in [0.25, 0.3) is 5.91 Å². The van der Waals surface area contributed by atoms with Gasteiger partial charge in [0.05, 0.1) is 17.2 Å². The van der Waals surface area contributed by atoms with E-state index in [4.69, 9.17) is 17.0 Å². The lowest BCUT2D eigenvalue weighted by Crippen LogP contribution is -2.27. The number of carbonyl (C=O) groups excluding carboxylic acids is 1. The third-order valence-electron chi connectivity index (χ3n) is 3.61. The zero-order valence-corrected chi connectivity index (χ0v) is 16.3. The number of hydrogen-bond donors (Lipinski definition) is 0. The first-order valence-corrected chi connectivity index (χ1v) is 10.2. The van der Waals surface area contributed by atoms with Gasteiger partial charge in [0.2, 0.25) is 0 Å². The highest BCUT2D eigenvalue weighted by atomic mass is 32.2. The molecule has 1 aliphatic heterocycles. The van der Waals surface area contributed by atoms with Gasteiger partial charge in [0.1, 0.15) is 5.75 Å². The Morgan fingerprint density at radius 3 is 2.80 bits per heavy atom. The maximum absolute atomic E-state index is 12.9. The van der Waals surface area contributed by atoms with Crippen molar-refractivity contribution in [3.05, 3.63) is 59.0 Å². The van der Waals surface area contributed by atoms with Gasteiger partial charge in [0, 0.05) is 10.5 Å². The lowest BCUT2D eigenvalue weighted by molar-refractivity contribution is -0.113. The van der Waals surface area contributed by atoms with Crippen molar-refractivity contribution in [2.24, 2.45) is 0 Å². The number of anilines is 1. The minimum Gasteiger partial charge on any atom is -0.493 e. The van der Waals surface area contributed by atoms with E-state index < -0.39 is 0 Å². The molecule has 0 N–H and O–H groups in total. The van der Waals surface area contributed by atoms with Crippen LogP contribution in [0.2, 0.25) is 0 Å². The quantitative estimate of drug-likeness (QED) is 0.399. The summed E-state index contributed by atoms with van der Waals surface area (Å²) in [6, 6.07) is 15.5. The van der Waals surface area contributed by atoms with Gasteiger partial charge in [-0.2, -0.15) is 0 Å². The van der Waals surface area contributed by atoms with E-state index in [-0.39, 0.29) is 5.91 Å². The number of thiocarbonyl (C=S) groups is 1. The second-order valence-corrected chi connectivity index (χ2v) is 7.74. The number of amides is 1. The van der Waals surface area contributed by atoms with Crippen LogP contribution in [-0.2, 0) is 4.79 Å². The molecule has 2 aromatic carbocycles. The van der Waals surface area contributed by atoms with E-state index in [0.717, 1.165) is 21.9 Å². The zero-order valence-electron chi connectivity index (χ0n) is 13.9. The second kappa shape index (κ2) is 8.08. The fraction of sp³-hybridized carbons (Fsp3) is 0.158. The predicted molar refractivity (Wildman–Crippen MR) is 111 cm³/mol. The summed E-state index contributed by atoms with van der Waals surface area (Å²) < 4.78 is 6.18. The molecule has 128 valence electrons. The van der Waals surface area contributed by atoms with Crippen molar-refractivity contribution in [1.29, 1.82) is 0 Å². The van der Waals surface area contributed by atoms with E-state index in [2.05, 4.69) is 0 Å². The summed E-state index contributed by atoms with van der Waals surface area (Å²) >= 11 is 8.40. The van der Waals surface area contributed by atoms with Crippen LogP contribution in [0.1, 0.15) is 12.5 Å². The van der Waals surface area contributed by atoms with Gasteiger partial charge in [-0.05, 0) is 43.5 Å². The van der Waals surface area contributed by atoms with Gasteiger partial charge in [-0.1, -0.05) is 48.2 Å². The monoisotopic (exact) mass is 387 g/mol. The molecule has 1 fully saturated rings. The van der Waals surface area contributed by atoms with Crippen LogP contribution < -0.4 is 9.64 Å². The summed E-state index contributed by atoms with van der Waals surface area (Å²) in [7, 11) is 0. The highest BCUT2D eigenvalue weighted by molar-refractivity contribution is 8.27. The largest absolute Gasteiger partial charge is 0.493 e. The Kier molecular flexibility index (Phi) is 5.83. The molecule has 0 aromatic heterocycles. The predicted octanol–water partition coefficient (Wildman–Crippen LogP) is 5.21. The molecule has 25 heavy (non-hydrogen) atoms. The molecule has 1 amide bonds. The number of rotatable bonds is 5. The summed E-state index contributed by atoms with van der Waals surface area (Å²) in [6.07, 6.45) is 3.86. The Hall–Kier alpha value is -1.76. The highest BCUT2D eigenvalue weighted by Gasteiger charge is 2.33. The Bertz CT molecular complexity index is 848. The fourth-order valence-electron chi connectivity index (χ4n) is 2.47. The molecule has 1 heterocycles. The molecule has 3 nitrogen and oxygen atoms in total. The molecule has 0 bridgehead atoms. The zero-order chi connectivity index (χ0) is 17.8. The number of thioether (sulfide) groups is 2. The van der Waals surface area contributed by atoms with Crippen LogP contribution in [0.4, 0.5) is 5.69 Å². The SMILES string of the molecule is CCOc1ccccc1/C=C1/SC(=S)N(c2cccc(SC)c2)C1=O. The number of benzene rings is 2. The molecule has 0 aliphatic carbocycles. The Labute approximate surface area is 161 Å². The normalized spacial score (nSPS) is 15.9. The molecule has 3 rings (SSSR count). The molecule has 1 aliphatic rings. The number of hydrogen-bond acceptors (Lipinski definition) is 5. The van der Waals surface area contributed by atoms with E-state index in [1.54, 1.807) is 16.7 Å². The molecule has 0 unspecified atom stereocenters. The number of nitrogens with zero attached hydrogens (tertiary/aromatic N) is 1. The standard InChI is InChI=1S/C19H17NO2S3/c1-3-22-16-10-5-4-7-13(16)11-17-18(21)20(19(23)25-17)14-8-6-9-15(12-14)24-2/h4-12H,3H2,1-2H3/b17-11+. The van der Waals surface area contributed by atoms with Gasteiger partial charge >= 0.3 is 0 Å². The number of para-hydroxylation sites is 1. The third kappa shape index (κ3) is 3.92. The molecule has 1 saturated heterocycles. The molecular formula is C19H17NO2S3. The van der Waals surface area contributed by atoms with Gasteiger partial charge in [-0.15, -0.1) is 11.8 Å². The van der Waals surface area contributed by atoms with Crippen LogP contribution in [0.3, 0.4) is 0 Å². The molecule has 0 saturated carbocycles. The smallest absolute Gasteiger partial charge is 0.270 e. The fourth-order valence-corrected chi connectivity index (χ4v) is 4.21. The van der Waals surface area contributed by atoms with Gasteiger partial charge in [0.15, 0.2) is 4.32 Å². The second-order valence-electron chi connectivity index (χ2n) is 5.19. The first-order chi connectivity index (χ1) is 12.1. The molecule has 0 radical (unpaired) electrons. The van der Waals surface area contributed by atoms with Crippen LogP contribution in [-0.4, -0.2) is 23.1 Å². The van der Waals surface area contributed by atoms with E-state index in [1.807, 2.05) is 67.8 Å². The molecular weight excluding hydrogens is 370 g/mol. The van der Waals surface area contributed by atoms with Crippen LogP contribution in [0.25, 0.3) is 6.08 Å². The van der Waals surface area contributed by atoms with Crippen molar-refractivity contribution in [2.75, 3.05) is 17.8 Å². The first kappa shape index (κ1) is 18.0. The lowest BCUT2D eigenvalue weighted by atomic mass is 10.2. The minimum absolute atomic E-state index is 0.0976. The van der Waals surface area contributed by atoms with Gasteiger partial charge in [-0.25, -0.2) is 0 Å². The Morgan fingerprint density at radius 2 is 2.04 bits per heavy atom. The van der Waals surface area contributed by atoms with Crippen LogP contribution in [0.15, 0.2) is 58.3 Å². The summed E-state index contributed by atoms with van der Waals surface area (Å²) in [6.45, 7) is 2.52. The summed E-state index contributed by atoms with van der Waals surface area (Å²) in [5, 5.41) is 0. The Balaban J connectivity index is 1.93. The Morgan fingerprint density at radius 1 is 1.24 bits per heavy atom. The van der Waals surface area contributed by atoms with Crippen molar-refractivity contribution in [2.45, 2.75) is 11.8 Å². The van der Waals surface area contributed by atoms with Gasteiger partial charge in [-0.3, -0.25) is 9.69 Å². The van der Waals surface area contributed by atoms with Gasteiger partial charge < -0.3 is 4.74 Å². The van der Waals surface area contributed by atoms with Crippen LogP contribution in [0, 0.1) is 0 Å². The molecule has 0 spiro atoms. The van der Waals surface area contributed by atoms with Crippen molar-refractivity contribution < 1.29 is 9.53 Å². The van der Waals surface area contributed by atoms with E-state index in [1.165, 1.54) is 11.8 Å². The molecule has 0 atom stereocenters. The van der Waals surface area contributed by atoms with Crippen molar-refractivity contribution in [1.82, 2.24) is 0 Å². The number of carbonyl (C=O) groups is 1. The molecule has 6 heteroatoms. The number of ether oxygens (including phenoxy) is 1. The maximum Gasteiger partial charge on any atom is 0.270 e. The lowest BCUT2D eigenvalue weighted by Gasteiger charge is -2.15. The third-order valence-corrected chi connectivity index (χ3v) is 5.64. The maximum atomic E-state index is 12.9. The van der Waals surface area contributed by atoms with E-state index in [9.17, 15) is 4.79 Å².